The second-order valence-electron chi connectivity index (χ2n) is 5.06. The van der Waals surface area contributed by atoms with Crippen LogP contribution in [0.5, 0.6) is 0 Å². The number of halogens is 2. The second-order valence-corrected chi connectivity index (χ2v) is 7.50. The van der Waals surface area contributed by atoms with E-state index in [1.807, 2.05) is 0 Å². The van der Waals surface area contributed by atoms with Gasteiger partial charge in [0.25, 0.3) is 0 Å². The Labute approximate surface area is 126 Å². The first kappa shape index (κ1) is 15.6. The third-order valence-corrected chi connectivity index (χ3v) is 5.90. The molecular formula is C12H13Cl2NO4S. The highest BCUT2D eigenvalue weighted by Gasteiger charge is 2.37. The Hall–Kier alpha value is -0.820. The third-order valence-electron chi connectivity index (χ3n) is 3.40. The van der Waals surface area contributed by atoms with Crippen molar-refractivity contribution in [2.75, 3.05) is 0 Å². The molecule has 0 heterocycles. The molecule has 0 aromatic heterocycles. The van der Waals surface area contributed by atoms with Gasteiger partial charge in [-0.3, -0.25) is 0 Å². The van der Waals surface area contributed by atoms with Crippen molar-refractivity contribution in [3.8, 4) is 0 Å². The van der Waals surface area contributed by atoms with Crippen molar-refractivity contribution in [2.24, 2.45) is 0 Å². The number of carboxylic acid groups (broad SMARTS) is 1. The van der Waals surface area contributed by atoms with E-state index in [0.717, 1.165) is 19.3 Å². The Morgan fingerprint density at radius 3 is 2.40 bits per heavy atom. The Balaban J connectivity index is 2.47. The number of hydrogen-bond donors (Lipinski definition) is 2. The van der Waals surface area contributed by atoms with Crippen LogP contribution in [0.4, 0.5) is 0 Å². The van der Waals surface area contributed by atoms with Gasteiger partial charge < -0.3 is 5.11 Å². The molecule has 5 nitrogen and oxygen atoms in total. The van der Waals surface area contributed by atoms with Crippen molar-refractivity contribution in [1.29, 1.82) is 0 Å². The third kappa shape index (κ3) is 2.79. The van der Waals surface area contributed by atoms with Crippen LogP contribution in [0.25, 0.3) is 0 Å². The van der Waals surface area contributed by atoms with E-state index >= 15 is 0 Å². The summed E-state index contributed by atoms with van der Waals surface area (Å²) >= 11 is 11.6. The lowest BCUT2D eigenvalue weighted by Gasteiger charge is -2.38. The zero-order valence-corrected chi connectivity index (χ0v) is 12.9. The van der Waals surface area contributed by atoms with Crippen molar-refractivity contribution < 1.29 is 18.3 Å². The minimum Gasteiger partial charge on any atom is -0.478 e. The summed E-state index contributed by atoms with van der Waals surface area (Å²) in [6.45, 7) is 1.80. The van der Waals surface area contributed by atoms with Gasteiger partial charge in [0.15, 0.2) is 0 Å². The van der Waals surface area contributed by atoms with Gasteiger partial charge in [-0.25, -0.2) is 17.9 Å². The van der Waals surface area contributed by atoms with Gasteiger partial charge in [0.05, 0.1) is 15.6 Å². The number of carboxylic acids is 1. The molecule has 0 unspecified atom stereocenters. The molecule has 8 heteroatoms. The van der Waals surface area contributed by atoms with Crippen LogP contribution in [0, 0.1) is 0 Å². The van der Waals surface area contributed by atoms with Gasteiger partial charge in [0.1, 0.15) is 4.90 Å². The smallest absolute Gasteiger partial charge is 0.338 e. The van der Waals surface area contributed by atoms with Crippen LogP contribution in [0.15, 0.2) is 17.0 Å². The van der Waals surface area contributed by atoms with Crippen molar-refractivity contribution >= 4 is 39.2 Å². The average molecular weight is 338 g/mol. The van der Waals surface area contributed by atoms with Gasteiger partial charge in [-0.15, -0.1) is 0 Å². The van der Waals surface area contributed by atoms with Crippen molar-refractivity contribution in [1.82, 2.24) is 4.72 Å². The summed E-state index contributed by atoms with van der Waals surface area (Å²) in [6, 6.07) is 2.43. The molecule has 2 N–H and O–H groups in total. The summed E-state index contributed by atoms with van der Waals surface area (Å²) < 4.78 is 27.2. The van der Waals surface area contributed by atoms with Gasteiger partial charge in [-0.1, -0.05) is 23.2 Å². The molecule has 0 spiro atoms. The normalized spacial score (nSPS) is 17.6. The first-order chi connectivity index (χ1) is 9.16. The number of benzene rings is 1. The molecular weight excluding hydrogens is 325 g/mol. The van der Waals surface area contributed by atoms with E-state index in [1.165, 1.54) is 12.1 Å². The highest BCUT2D eigenvalue weighted by Crippen LogP contribution is 2.35. The molecule has 1 fully saturated rings. The first-order valence-electron chi connectivity index (χ1n) is 5.92. The molecule has 0 atom stereocenters. The van der Waals surface area contributed by atoms with Crippen LogP contribution in [0.3, 0.4) is 0 Å². The zero-order chi connectivity index (χ0) is 15.1. The summed E-state index contributed by atoms with van der Waals surface area (Å²) in [5.74, 6) is -1.37. The summed E-state index contributed by atoms with van der Waals surface area (Å²) in [7, 11) is -3.89. The quantitative estimate of drug-likeness (QED) is 0.884. The van der Waals surface area contributed by atoms with E-state index in [0.29, 0.717) is 0 Å². The topological polar surface area (TPSA) is 83.5 Å². The Morgan fingerprint density at radius 2 is 1.95 bits per heavy atom. The first-order valence-corrected chi connectivity index (χ1v) is 8.15. The minimum atomic E-state index is -3.89. The molecule has 1 aliphatic rings. The lowest BCUT2D eigenvalue weighted by atomic mass is 9.80. The standard InChI is InChI=1S/C12H13Cl2NO4S/c1-12(5-2-6-12)15-20(18,19)8-4-3-7(13)9(10(8)14)11(16)17/h3-4,15H,2,5-6H2,1H3,(H,16,17). The summed E-state index contributed by atoms with van der Waals surface area (Å²) in [6.07, 6.45) is 2.43. The lowest BCUT2D eigenvalue weighted by molar-refractivity contribution is 0.0697. The monoisotopic (exact) mass is 337 g/mol. The van der Waals surface area contributed by atoms with Crippen LogP contribution in [-0.2, 0) is 10.0 Å². The Morgan fingerprint density at radius 1 is 1.35 bits per heavy atom. The molecule has 1 aliphatic carbocycles. The van der Waals surface area contributed by atoms with Gasteiger partial charge in [-0.2, -0.15) is 0 Å². The fraction of sp³-hybridized carbons (Fsp3) is 0.417. The Kier molecular flexibility index (Phi) is 4.03. The van der Waals surface area contributed by atoms with E-state index < -0.39 is 27.1 Å². The highest BCUT2D eigenvalue weighted by atomic mass is 35.5. The lowest BCUT2D eigenvalue weighted by Crippen LogP contribution is -2.50. The number of hydrogen-bond acceptors (Lipinski definition) is 3. The number of rotatable bonds is 4. The van der Waals surface area contributed by atoms with Crippen molar-refractivity contribution in [2.45, 2.75) is 36.6 Å². The molecule has 0 bridgehead atoms. The maximum atomic E-state index is 12.3. The predicted octanol–water partition coefficient (Wildman–Crippen LogP) is 2.91. The highest BCUT2D eigenvalue weighted by molar-refractivity contribution is 7.89. The second kappa shape index (κ2) is 5.18. The molecule has 0 aliphatic heterocycles. The molecule has 0 radical (unpaired) electrons. The van der Waals surface area contributed by atoms with Gasteiger partial charge in [-0.05, 0) is 38.3 Å². The average Bonchev–Trinajstić information content (AvgIpc) is 2.25. The van der Waals surface area contributed by atoms with Crippen molar-refractivity contribution in [3.63, 3.8) is 0 Å². The summed E-state index contributed by atoms with van der Waals surface area (Å²) in [4.78, 5) is 10.8. The van der Waals surface area contributed by atoms with Crippen LogP contribution in [0.1, 0.15) is 36.5 Å². The maximum Gasteiger partial charge on any atom is 0.338 e. The number of aromatic carboxylic acids is 1. The molecule has 2 rings (SSSR count). The molecule has 1 aromatic carbocycles. The molecule has 1 aromatic rings. The van der Waals surface area contributed by atoms with Crippen LogP contribution < -0.4 is 4.72 Å². The largest absolute Gasteiger partial charge is 0.478 e. The minimum absolute atomic E-state index is 0.101. The molecule has 1 saturated carbocycles. The Bertz CT molecular complexity index is 668. The summed E-state index contributed by atoms with van der Waals surface area (Å²) in [5, 5.41) is 8.57. The van der Waals surface area contributed by atoms with Gasteiger partial charge in [0, 0.05) is 5.54 Å². The van der Waals surface area contributed by atoms with Crippen LogP contribution in [0.2, 0.25) is 10.0 Å². The van der Waals surface area contributed by atoms with Gasteiger partial charge in [0.2, 0.25) is 10.0 Å². The van der Waals surface area contributed by atoms with Gasteiger partial charge >= 0.3 is 5.97 Å². The fourth-order valence-electron chi connectivity index (χ4n) is 2.13. The number of sulfonamides is 1. The summed E-state index contributed by atoms with van der Waals surface area (Å²) in [5.41, 5.74) is -0.902. The molecule has 0 saturated heterocycles. The van der Waals surface area contributed by atoms with E-state index in [-0.39, 0.29) is 14.9 Å². The van der Waals surface area contributed by atoms with Crippen molar-refractivity contribution in [3.05, 3.63) is 27.7 Å². The fourth-order valence-corrected chi connectivity index (χ4v) is 4.51. The number of nitrogens with one attached hydrogen (secondary N) is 1. The van der Waals surface area contributed by atoms with Crippen LogP contribution >= 0.6 is 23.2 Å². The van der Waals surface area contributed by atoms with E-state index in [1.54, 1.807) is 6.92 Å². The predicted molar refractivity (Wildman–Crippen MR) is 76.0 cm³/mol. The molecule has 20 heavy (non-hydrogen) atoms. The SMILES string of the molecule is CC1(NS(=O)(=O)c2ccc(Cl)c(C(=O)O)c2Cl)CCC1. The van der Waals surface area contributed by atoms with Crippen LogP contribution in [-0.4, -0.2) is 25.0 Å². The number of carbonyl (C=O) groups is 1. The van der Waals surface area contributed by atoms with E-state index in [4.69, 9.17) is 28.3 Å². The van der Waals surface area contributed by atoms with E-state index in [9.17, 15) is 13.2 Å². The van der Waals surface area contributed by atoms with E-state index in [2.05, 4.69) is 4.72 Å². The molecule has 110 valence electrons. The maximum absolute atomic E-state index is 12.3. The zero-order valence-electron chi connectivity index (χ0n) is 10.6. The molecule has 0 amide bonds.